The van der Waals surface area contributed by atoms with Gasteiger partial charge in [0.1, 0.15) is 5.82 Å². The Kier molecular flexibility index (Phi) is 2.65. The fourth-order valence-electron chi connectivity index (χ4n) is 3.69. The van der Waals surface area contributed by atoms with Gasteiger partial charge in [-0.15, -0.1) is 0 Å². The Morgan fingerprint density at radius 1 is 0.826 bits per heavy atom. The number of nitrogens with zero attached hydrogens (tertiary/aromatic N) is 2. The van der Waals surface area contributed by atoms with Gasteiger partial charge in [0.05, 0.1) is 11.9 Å². The van der Waals surface area contributed by atoms with Gasteiger partial charge in [-0.2, -0.15) is 0 Å². The third-order valence-corrected chi connectivity index (χ3v) is 4.79. The molecule has 0 saturated carbocycles. The summed E-state index contributed by atoms with van der Waals surface area (Å²) in [6, 6.07) is 23.6. The molecule has 2 heterocycles. The predicted octanol–water partition coefficient (Wildman–Crippen LogP) is 4.93. The van der Waals surface area contributed by atoms with Gasteiger partial charge >= 0.3 is 0 Å². The van der Waals surface area contributed by atoms with Gasteiger partial charge in [-0.05, 0) is 28.3 Å². The summed E-state index contributed by atoms with van der Waals surface area (Å²) < 4.78 is 2.35. The van der Waals surface area contributed by atoms with Gasteiger partial charge < -0.3 is 4.57 Å². The largest absolute Gasteiger partial charge is 0.324 e. The summed E-state index contributed by atoms with van der Waals surface area (Å²) in [5.74, 6) is 1.09. The molecule has 0 unspecified atom stereocenters. The number of aromatic nitrogens is 2. The van der Waals surface area contributed by atoms with Crippen LogP contribution >= 0.6 is 0 Å². The van der Waals surface area contributed by atoms with Crippen LogP contribution in [0.2, 0.25) is 0 Å². The summed E-state index contributed by atoms with van der Waals surface area (Å²) in [7, 11) is 0. The first-order valence-electron chi connectivity index (χ1n) is 8.04. The highest BCUT2D eigenvalue weighted by atomic mass is 15.1. The first kappa shape index (κ1) is 12.7. The Bertz CT molecular complexity index is 1010. The maximum absolute atomic E-state index is 4.74. The molecule has 1 aromatic heterocycles. The van der Waals surface area contributed by atoms with Crippen LogP contribution in [0.15, 0.2) is 72.9 Å². The molecule has 0 radical (unpaired) electrons. The Hall–Kier alpha value is -2.87. The number of hydrogen-bond donors (Lipinski definition) is 0. The van der Waals surface area contributed by atoms with Gasteiger partial charge in [-0.1, -0.05) is 66.7 Å². The van der Waals surface area contributed by atoms with E-state index in [4.69, 9.17) is 4.98 Å². The molecule has 1 aliphatic heterocycles. The first-order chi connectivity index (χ1) is 11.4. The number of aryl methyl sites for hydroxylation is 1. The van der Waals surface area contributed by atoms with Crippen molar-refractivity contribution >= 4 is 10.8 Å². The lowest BCUT2D eigenvalue weighted by Crippen LogP contribution is -2.12. The Morgan fingerprint density at radius 3 is 2.57 bits per heavy atom. The molecule has 4 aromatic rings. The third-order valence-electron chi connectivity index (χ3n) is 4.79. The summed E-state index contributed by atoms with van der Waals surface area (Å²) in [4.78, 5) is 4.74. The van der Waals surface area contributed by atoms with E-state index in [1.807, 2.05) is 6.20 Å². The van der Waals surface area contributed by atoms with E-state index in [0.717, 1.165) is 18.8 Å². The molecule has 0 spiro atoms. The molecule has 2 heteroatoms. The van der Waals surface area contributed by atoms with Crippen molar-refractivity contribution in [3.63, 3.8) is 0 Å². The van der Waals surface area contributed by atoms with Crippen LogP contribution < -0.4 is 0 Å². The second-order valence-electron chi connectivity index (χ2n) is 6.05. The van der Waals surface area contributed by atoms with E-state index in [1.165, 1.54) is 33.2 Å². The summed E-state index contributed by atoms with van der Waals surface area (Å²) in [6.07, 6.45) is 3.06. The van der Waals surface area contributed by atoms with Gasteiger partial charge in [0.15, 0.2) is 0 Å². The van der Waals surface area contributed by atoms with Crippen molar-refractivity contribution in [1.82, 2.24) is 9.55 Å². The van der Waals surface area contributed by atoms with Crippen molar-refractivity contribution in [2.75, 3.05) is 0 Å². The topological polar surface area (TPSA) is 17.8 Å². The molecule has 0 amide bonds. The minimum absolute atomic E-state index is 0.987. The maximum Gasteiger partial charge on any atom is 0.140 e. The van der Waals surface area contributed by atoms with E-state index in [1.54, 1.807) is 0 Å². The highest BCUT2D eigenvalue weighted by Gasteiger charge is 2.21. The fourth-order valence-corrected chi connectivity index (χ4v) is 3.69. The van der Waals surface area contributed by atoms with E-state index >= 15 is 0 Å². The molecule has 0 atom stereocenters. The summed E-state index contributed by atoms with van der Waals surface area (Å²) in [6.45, 7) is 0.987. The highest BCUT2D eigenvalue weighted by Crippen LogP contribution is 2.36. The second kappa shape index (κ2) is 4.82. The van der Waals surface area contributed by atoms with Crippen LogP contribution in [0.3, 0.4) is 0 Å². The summed E-state index contributed by atoms with van der Waals surface area (Å²) in [5.41, 5.74) is 5.15. The zero-order valence-corrected chi connectivity index (χ0v) is 12.7. The average Bonchev–Trinajstić information content (AvgIpc) is 3.06. The average molecular weight is 296 g/mol. The molecule has 0 bridgehead atoms. The van der Waals surface area contributed by atoms with Crippen molar-refractivity contribution in [3.05, 3.63) is 78.5 Å². The lowest BCUT2D eigenvalue weighted by Gasteiger charge is -2.21. The summed E-state index contributed by atoms with van der Waals surface area (Å²) in [5, 5.41) is 2.68. The van der Waals surface area contributed by atoms with Crippen molar-refractivity contribution in [2.45, 2.75) is 13.0 Å². The lowest BCUT2D eigenvalue weighted by atomic mass is 9.94. The van der Waals surface area contributed by atoms with Crippen LogP contribution in [-0.2, 0) is 13.0 Å². The van der Waals surface area contributed by atoms with Crippen molar-refractivity contribution in [1.29, 1.82) is 0 Å². The number of imidazole rings is 1. The van der Waals surface area contributed by atoms with Crippen LogP contribution in [0, 0.1) is 0 Å². The first-order valence-corrected chi connectivity index (χ1v) is 8.04. The van der Waals surface area contributed by atoms with E-state index in [9.17, 15) is 0 Å². The zero-order chi connectivity index (χ0) is 15.2. The van der Waals surface area contributed by atoms with E-state index < -0.39 is 0 Å². The third kappa shape index (κ3) is 1.85. The van der Waals surface area contributed by atoms with Crippen molar-refractivity contribution in [3.8, 4) is 22.6 Å². The number of hydrogen-bond acceptors (Lipinski definition) is 1. The quantitative estimate of drug-likeness (QED) is 0.487. The number of rotatable bonds is 1. The normalized spacial score (nSPS) is 12.9. The van der Waals surface area contributed by atoms with Gasteiger partial charge in [0, 0.05) is 12.1 Å². The highest BCUT2D eigenvalue weighted by molar-refractivity contribution is 5.91. The molecule has 23 heavy (non-hydrogen) atoms. The smallest absolute Gasteiger partial charge is 0.140 e. The van der Waals surface area contributed by atoms with E-state index in [2.05, 4.69) is 71.3 Å². The molecule has 0 saturated heterocycles. The molecule has 0 fully saturated rings. The van der Waals surface area contributed by atoms with Crippen molar-refractivity contribution in [2.24, 2.45) is 0 Å². The van der Waals surface area contributed by atoms with E-state index in [0.29, 0.717) is 0 Å². The molecule has 3 aromatic carbocycles. The fraction of sp³-hybridized carbons (Fsp3) is 0.0952. The monoisotopic (exact) mass is 296 g/mol. The van der Waals surface area contributed by atoms with Gasteiger partial charge in [-0.25, -0.2) is 4.98 Å². The van der Waals surface area contributed by atoms with Crippen LogP contribution in [0.1, 0.15) is 5.56 Å². The van der Waals surface area contributed by atoms with E-state index in [-0.39, 0.29) is 0 Å². The lowest BCUT2D eigenvalue weighted by molar-refractivity contribution is 0.693. The number of fused-ring (bicyclic) bond motifs is 5. The number of benzene rings is 3. The molecular formula is C21H16N2. The van der Waals surface area contributed by atoms with Crippen molar-refractivity contribution < 1.29 is 0 Å². The Balaban J connectivity index is 1.74. The van der Waals surface area contributed by atoms with Crippen LogP contribution in [0.25, 0.3) is 33.4 Å². The van der Waals surface area contributed by atoms with Gasteiger partial charge in [0.25, 0.3) is 0 Å². The molecule has 110 valence electrons. The van der Waals surface area contributed by atoms with Gasteiger partial charge in [0.2, 0.25) is 0 Å². The predicted molar refractivity (Wildman–Crippen MR) is 94.3 cm³/mol. The molecule has 0 aliphatic carbocycles. The van der Waals surface area contributed by atoms with Crippen LogP contribution in [0.5, 0.6) is 0 Å². The SMILES string of the molecule is c1ccc(-c2cnc3n2CCc2c-3ccc3ccccc23)cc1. The molecule has 5 rings (SSSR count). The zero-order valence-electron chi connectivity index (χ0n) is 12.7. The Labute approximate surface area is 135 Å². The molecule has 1 aliphatic rings. The van der Waals surface area contributed by atoms with Crippen LogP contribution in [0.4, 0.5) is 0 Å². The maximum atomic E-state index is 4.74. The van der Waals surface area contributed by atoms with Crippen LogP contribution in [-0.4, -0.2) is 9.55 Å². The second-order valence-corrected chi connectivity index (χ2v) is 6.05. The molecule has 0 N–H and O–H groups in total. The molecule has 2 nitrogen and oxygen atoms in total. The summed E-state index contributed by atoms with van der Waals surface area (Å²) >= 11 is 0. The minimum atomic E-state index is 0.987. The Morgan fingerprint density at radius 2 is 1.65 bits per heavy atom. The minimum Gasteiger partial charge on any atom is -0.324 e. The van der Waals surface area contributed by atoms with Gasteiger partial charge in [-0.3, -0.25) is 0 Å². The standard InChI is InChI=1S/C21H16N2/c1-2-7-16(8-3-1)20-14-22-21-19-11-10-15-6-4-5-9-17(15)18(19)12-13-23(20)21/h1-11,14H,12-13H2. The molecular weight excluding hydrogens is 280 g/mol.